The molecule has 216 valence electrons. The molecule has 43 heavy (non-hydrogen) atoms. The summed E-state index contributed by atoms with van der Waals surface area (Å²) in [5.41, 5.74) is 4.67. The van der Waals surface area contributed by atoms with E-state index in [1.165, 1.54) is 6.07 Å². The van der Waals surface area contributed by atoms with Gasteiger partial charge in [-0.05, 0) is 44.2 Å². The molecule has 2 N–H and O–H groups in total. The van der Waals surface area contributed by atoms with Crippen LogP contribution in [0.1, 0.15) is 23.4 Å². The van der Waals surface area contributed by atoms with Gasteiger partial charge in [-0.25, -0.2) is 9.48 Å². The predicted octanol–water partition coefficient (Wildman–Crippen LogP) is 7.77. The number of nitrogens with one attached hydrogen (secondary N) is 1. The normalized spacial score (nSPS) is 11.2. The summed E-state index contributed by atoms with van der Waals surface area (Å²) in [6.07, 6.45) is -0.299. The molecule has 0 unspecified atom stereocenters. The molecule has 0 spiro atoms. The summed E-state index contributed by atoms with van der Waals surface area (Å²) in [7, 11) is 0. The van der Waals surface area contributed by atoms with Gasteiger partial charge in [-0.2, -0.15) is 5.10 Å². The van der Waals surface area contributed by atoms with Gasteiger partial charge in [0.15, 0.2) is 0 Å². The van der Waals surface area contributed by atoms with Gasteiger partial charge in [0.1, 0.15) is 11.4 Å². The highest BCUT2D eigenvalue weighted by Crippen LogP contribution is 2.39. The number of nitro benzene ring substituents is 1. The number of aryl methyl sites for hydroxylation is 2. The Balaban J connectivity index is 1.34. The van der Waals surface area contributed by atoms with Gasteiger partial charge in [0.25, 0.3) is 5.69 Å². The van der Waals surface area contributed by atoms with E-state index >= 15 is 0 Å². The molecule has 10 nitrogen and oxygen atoms in total. The highest BCUT2D eigenvalue weighted by molar-refractivity contribution is 5.99. The van der Waals surface area contributed by atoms with Crippen LogP contribution < -0.4 is 9.47 Å². The minimum atomic E-state index is -1.42. The maximum Gasteiger partial charge on any atom is 0.512 e. The molecule has 0 aliphatic heterocycles. The number of aromatic amines is 1. The van der Waals surface area contributed by atoms with Crippen LogP contribution in [-0.4, -0.2) is 37.6 Å². The van der Waals surface area contributed by atoms with E-state index in [4.69, 9.17) is 9.47 Å². The molecule has 0 bridgehead atoms. The molecule has 0 saturated heterocycles. The zero-order chi connectivity index (χ0) is 30.1. The molecule has 0 saturated carbocycles. The molecule has 4 aromatic carbocycles. The zero-order valence-electron chi connectivity index (χ0n) is 23.5. The van der Waals surface area contributed by atoms with Crippen molar-refractivity contribution in [2.45, 2.75) is 26.7 Å². The number of fused-ring (bicyclic) bond motifs is 2. The first-order chi connectivity index (χ1) is 20.8. The van der Waals surface area contributed by atoms with Gasteiger partial charge < -0.3 is 19.6 Å². The Morgan fingerprint density at radius 2 is 1.70 bits per heavy atom. The quantitative estimate of drug-likeness (QED) is 0.0777. The number of ether oxygens (including phenoxy) is 2. The molecule has 2 heterocycles. The Bertz CT molecular complexity index is 2000. The summed E-state index contributed by atoms with van der Waals surface area (Å²) in [5.74, 6) is 0.949. The molecule has 0 aliphatic rings. The molecular formula is C33H28N4O6. The second-order valence-corrected chi connectivity index (χ2v) is 10.2. The lowest BCUT2D eigenvalue weighted by atomic mass is 9.99. The Morgan fingerprint density at radius 1 is 0.977 bits per heavy atom. The third kappa shape index (κ3) is 5.14. The third-order valence-corrected chi connectivity index (χ3v) is 7.54. The van der Waals surface area contributed by atoms with E-state index in [-0.39, 0.29) is 11.6 Å². The van der Waals surface area contributed by atoms with Crippen LogP contribution in [0.25, 0.3) is 38.5 Å². The zero-order valence-corrected chi connectivity index (χ0v) is 23.5. The van der Waals surface area contributed by atoms with E-state index in [1.807, 2.05) is 74.5 Å². The molecule has 0 amide bonds. The van der Waals surface area contributed by atoms with Crippen molar-refractivity contribution in [3.63, 3.8) is 0 Å². The smallest absolute Gasteiger partial charge is 0.493 e. The van der Waals surface area contributed by atoms with Crippen molar-refractivity contribution in [2.75, 3.05) is 6.61 Å². The fraction of sp³-hybridized carbons (Fsp3) is 0.152. The largest absolute Gasteiger partial charge is 0.512 e. The molecule has 10 heteroatoms. The van der Waals surface area contributed by atoms with E-state index in [1.54, 1.807) is 22.9 Å². The van der Waals surface area contributed by atoms with E-state index in [9.17, 15) is 20.0 Å². The summed E-state index contributed by atoms with van der Waals surface area (Å²) in [6, 6.07) is 26.1. The lowest BCUT2D eigenvalue weighted by Crippen LogP contribution is -2.06. The van der Waals surface area contributed by atoms with Crippen molar-refractivity contribution in [1.82, 2.24) is 14.8 Å². The first-order valence-electron chi connectivity index (χ1n) is 13.8. The Kier molecular flexibility index (Phi) is 7.25. The predicted molar refractivity (Wildman–Crippen MR) is 163 cm³/mol. The summed E-state index contributed by atoms with van der Waals surface area (Å²) < 4.78 is 12.9. The minimum Gasteiger partial charge on any atom is -0.493 e. The van der Waals surface area contributed by atoms with Crippen molar-refractivity contribution < 1.29 is 24.3 Å². The summed E-state index contributed by atoms with van der Waals surface area (Å²) >= 11 is 0. The first kappa shape index (κ1) is 27.5. The molecule has 0 radical (unpaired) electrons. The number of H-pyrrole nitrogens is 1. The number of aromatic nitrogens is 3. The van der Waals surface area contributed by atoms with Crippen LogP contribution in [0.2, 0.25) is 0 Å². The Morgan fingerprint density at radius 3 is 2.51 bits per heavy atom. The highest BCUT2D eigenvalue weighted by atomic mass is 16.7. The minimum absolute atomic E-state index is 0.0529. The van der Waals surface area contributed by atoms with Crippen molar-refractivity contribution in [2.24, 2.45) is 0 Å². The summed E-state index contributed by atoms with van der Waals surface area (Å²) in [4.78, 5) is 26.1. The maximum atomic E-state index is 11.7. The molecule has 0 atom stereocenters. The number of hydrogen-bond acceptors (Lipinski definition) is 6. The number of para-hydroxylation sites is 3. The molecule has 0 fully saturated rings. The van der Waals surface area contributed by atoms with Crippen molar-refractivity contribution >= 4 is 33.5 Å². The number of carboxylic acid groups (broad SMARTS) is 1. The van der Waals surface area contributed by atoms with Crippen molar-refractivity contribution in [3.05, 3.63) is 112 Å². The van der Waals surface area contributed by atoms with E-state index in [0.29, 0.717) is 42.0 Å². The van der Waals surface area contributed by atoms with Gasteiger partial charge in [-0.15, -0.1) is 0 Å². The first-order valence-corrected chi connectivity index (χ1v) is 13.8. The number of hydrogen-bond donors (Lipinski definition) is 2. The molecule has 0 aliphatic carbocycles. The summed E-state index contributed by atoms with van der Waals surface area (Å²) in [6.45, 7) is 4.12. The lowest BCUT2D eigenvalue weighted by Gasteiger charge is -2.10. The highest BCUT2D eigenvalue weighted by Gasteiger charge is 2.24. The van der Waals surface area contributed by atoms with Crippen LogP contribution in [0, 0.1) is 24.0 Å². The number of rotatable bonds is 9. The summed E-state index contributed by atoms with van der Waals surface area (Å²) in [5, 5.41) is 28.8. The second-order valence-electron chi connectivity index (χ2n) is 10.2. The van der Waals surface area contributed by atoms with Crippen LogP contribution in [0.5, 0.6) is 11.6 Å². The van der Waals surface area contributed by atoms with Crippen molar-refractivity contribution in [1.29, 1.82) is 0 Å². The van der Waals surface area contributed by atoms with Gasteiger partial charge in [0.2, 0.25) is 5.88 Å². The van der Waals surface area contributed by atoms with Gasteiger partial charge in [-0.1, -0.05) is 66.7 Å². The van der Waals surface area contributed by atoms with E-state index < -0.39 is 11.1 Å². The van der Waals surface area contributed by atoms with Gasteiger partial charge in [-0.3, -0.25) is 10.1 Å². The maximum absolute atomic E-state index is 11.7. The Labute approximate surface area is 246 Å². The standard InChI is InChI=1S/C33H28N4O6/c1-20-30(21(2)36(35-20)27-16-5-6-17-28(27)37(40)41)26-14-8-13-24-25(32(34-31(24)26)43-33(38)39)15-9-19-42-29-18-7-11-22-10-3-4-12-23(22)29/h3-8,10-14,16-18,34H,9,15,19H2,1-2H3,(H,38,39). The second kappa shape index (κ2) is 11.3. The fourth-order valence-corrected chi connectivity index (χ4v) is 5.70. The third-order valence-electron chi connectivity index (χ3n) is 7.54. The number of nitro groups is 1. The molecule has 6 rings (SSSR count). The van der Waals surface area contributed by atoms with Crippen LogP contribution in [0.3, 0.4) is 0 Å². The monoisotopic (exact) mass is 576 g/mol. The van der Waals surface area contributed by atoms with Gasteiger partial charge in [0, 0.05) is 39.2 Å². The van der Waals surface area contributed by atoms with E-state index in [0.717, 1.165) is 38.6 Å². The van der Waals surface area contributed by atoms with Gasteiger partial charge >= 0.3 is 6.16 Å². The number of carbonyl (C=O) groups is 1. The number of benzene rings is 4. The van der Waals surface area contributed by atoms with E-state index in [2.05, 4.69) is 10.1 Å². The number of nitrogens with zero attached hydrogens (tertiary/aromatic N) is 3. The Hall–Kier alpha value is -5.64. The molecule has 6 aromatic rings. The molecule has 2 aromatic heterocycles. The topological polar surface area (TPSA) is 133 Å². The van der Waals surface area contributed by atoms with Crippen LogP contribution >= 0.6 is 0 Å². The lowest BCUT2D eigenvalue weighted by molar-refractivity contribution is -0.384. The van der Waals surface area contributed by atoms with Crippen molar-refractivity contribution in [3.8, 4) is 28.4 Å². The van der Waals surface area contributed by atoms with Crippen LogP contribution in [0.4, 0.5) is 10.5 Å². The van der Waals surface area contributed by atoms with Crippen LogP contribution in [-0.2, 0) is 6.42 Å². The average molecular weight is 577 g/mol. The molecular weight excluding hydrogens is 548 g/mol. The average Bonchev–Trinajstić information content (AvgIpc) is 3.50. The van der Waals surface area contributed by atoms with Gasteiger partial charge in [0.05, 0.1) is 22.7 Å². The fourth-order valence-electron chi connectivity index (χ4n) is 5.70. The SMILES string of the molecule is Cc1nn(-c2ccccc2[N+](=O)[O-])c(C)c1-c1cccc2c(CCCOc3cccc4ccccc34)c(OC(=O)O)[nH]c12. The van der Waals surface area contributed by atoms with Crippen LogP contribution in [0.15, 0.2) is 84.9 Å².